The third-order valence-corrected chi connectivity index (χ3v) is 2.06. The van der Waals surface area contributed by atoms with Crippen molar-refractivity contribution in [3.8, 4) is 6.07 Å². The van der Waals surface area contributed by atoms with Gasteiger partial charge in [-0.3, -0.25) is 0 Å². The van der Waals surface area contributed by atoms with E-state index in [0.29, 0.717) is 5.56 Å². The average molecular weight is 214 g/mol. The molecule has 4 N–H and O–H groups in total. The topological polar surface area (TPSA) is 75.8 Å². The van der Waals surface area contributed by atoms with Crippen LogP contribution in [0.3, 0.4) is 0 Å². The van der Waals surface area contributed by atoms with Crippen molar-refractivity contribution in [3.63, 3.8) is 0 Å². The summed E-state index contributed by atoms with van der Waals surface area (Å²) in [5, 5.41) is 8.65. The summed E-state index contributed by atoms with van der Waals surface area (Å²) in [7, 11) is 0. The monoisotopic (exact) mass is 213 g/mol. The molecule has 0 radical (unpaired) electrons. The molecule has 0 saturated heterocycles. The van der Waals surface area contributed by atoms with Crippen LogP contribution in [0.25, 0.3) is 0 Å². The number of nitrogens with two attached hydrogens (primary N) is 2. The van der Waals surface area contributed by atoms with Crippen LogP contribution in [0.5, 0.6) is 0 Å². The van der Waals surface area contributed by atoms with Crippen molar-refractivity contribution in [2.75, 3.05) is 5.73 Å². The molecular weight excluding hydrogens is 205 g/mol. The number of rotatable bonds is 2. The predicted octanol–water partition coefficient (Wildman–Crippen LogP) is 1.97. The zero-order valence-electron chi connectivity index (χ0n) is 7.30. The van der Waals surface area contributed by atoms with Crippen molar-refractivity contribution >= 4 is 17.3 Å². The minimum Gasteiger partial charge on any atom is -0.396 e. The number of nitrogens with zero attached hydrogens (tertiary/aromatic N) is 1. The third kappa shape index (κ3) is 2.13. The zero-order chi connectivity index (χ0) is 10.7. The first-order valence-corrected chi connectivity index (χ1v) is 4.31. The van der Waals surface area contributed by atoms with Gasteiger partial charge >= 0.3 is 0 Å². The fourth-order valence-corrected chi connectivity index (χ4v) is 1.33. The van der Waals surface area contributed by atoms with Crippen LogP contribution in [0, 0.1) is 17.1 Å². The minimum atomic E-state index is -0.610. The second-order valence-electron chi connectivity index (χ2n) is 2.86. The van der Waals surface area contributed by atoms with Crippen molar-refractivity contribution in [2.24, 2.45) is 5.73 Å². The van der Waals surface area contributed by atoms with Crippen LogP contribution in [0.15, 0.2) is 12.1 Å². The molecule has 1 rings (SSSR count). The highest BCUT2D eigenvalue weighted by molar-refractivity contribution is 6.30. The standard InChI is InChI=1S/C9H9ClFN3/c10-5-3-6(8(13)1-2-12)9(14)7(11)4-5/h3-4,8H,1,13-14H2/t8-/m0/s1. The highest BCUT2D eigenvalue weighted by atomic mass is 35.5. The van der Waals surface area contributed by atoms with E-state index in [-0.39, 0.29) is 17.1 Å². The third-order valence-electron chi connectivity index (χ3n) is 1.84. The first-order chi connectivity index (χ1) is 6.56. The first-order valence-electron chi connectivity index (χ1n) is 3.93. The van der Waals surface area contributed by atoms with Gasteiger partial charge in [-0.05, 0) is 17.7 Å². The van der Waals surface area contributed by atoms with Gasteiger partial charge in [-0.25, -0.2) is 4.39 Å². The summed E-state index contributed by atoms with van der Waals surface area (Å²) in [5.41, 5.74) is 11.4. The molecule has 1 aromatic carbocycles. The van der Waals surface area contributed by atoms with Gasteiger partial charge in [-0.1, -0.05) is 11.6 Å². The highest BCUT2D eigenvalue weighted by Crippen LogP contribution is 2.27. The Balaban J connectivity index is 3.14. The molecule has 3 nitrogen and oxygen atoms in total. The second kappa shape index (κ2) is 4.27. The number of anilines is 1. The Morgan fingerprint density at radius 1 is 1.57 bits per heavy atom. The summed E-state index contributed by atoms with van der Waals surface area (Å²) in [6.07, 6.45) is 0.0734. The highest BCUT2D eigenvalue weighted by Gasteiger charge is 2.13. The van der Waals surface area contributed by atoms with Gasteiger partial charge in [0.15, 0.2) is 0 Å². The molecule has 0 heterocycles. The van der Waals surface area contributed by atoms with Crippen LogP contribution in [0.1, 0.15) is 18.0 Å². The van der Waals surface area contributed by atoms with Crippen molar-refractivity contribution in [3.05, 3.63) is 28.5 Å². The van der Waals surface area contributed by atoms with E-state index in [0.717, 1.165) is 6.07 Å². The lowest BCUT2D eigenvalue weighted by Gasteiger charge is -2.12. The molecular formula is C9H9ClFN3. The van der Waals surface area contributed by atoms with Gasteiger partial charge in [0.2, 0.25) is 0 Å². The molecule has 0 amide bonds. The Morgan fingerprint density at radius 2 is 2.21 bits per heavy atom. The van der Waals surface area contributed by atoms with E-state index in [1.54, 1.807) is 0 Å². The zero-order valence-corrected chi connectivity index (χ0v) is 8.05. The van der Waals surface area contributed by atoms with Crippen LogP contribution >= 0.6 is 11.6 Å². The van der Waals surface area contributed by atoms with Gasteiger partial charge in [0.25, 0.3) is 0 Å². The van der Waals surface area contributed by atoms with Crippen LogP contribution < -0.4 is 11.5 Å². The summed E-state index contributed by atoms with van der Waals surface area (Å²) < 4.78 is 13.1. The molecule has 0 saturated carbocycles. The summed E-state index contributed by atoms with van der Waals surface area (Å²) in [4.78, 5) is 0. The number of hydrogen-bond donors (Lipinski definition) is 2. The molecule has 0 bridgehead atoms. The first kappa shape index (κ1) is 10.8. The number of nitrogen functional groups attached to an aromatic ring is 1. The van der Waals surface area contributed by atoms with Gasteiger partial charge in [0.05, 0.1) is 18.2 Å². The van der Waals surface area contributed by atoms with E-state index >= 15 is 0 Å². The molecule has 0 aromatic heterocycles. The lowest BCUT2D eigenvalue weighted by atomic mass is 10.0. The smallest absolute Gasteiger partial charge is 0.147 e. The summed E-state index contributed by atoms with van der Waals surface area (Å²) in [5.74, 6) is -0.610. The lowest BCUT2D eigenvalue weighted by Crippen LogP contribution is -2.12. The molecule has 0 fully saturated rings. The van der Waals surface area contributed by atoms with Crippen LogP contribution in [-0.4, -0.2) is 0 Å². The number of nitriles is 1. The van der Waals surface area contributed by atoms with Crippen molar-refractivity contribution in [2.45, 2.75) is 12.5 Å². The molecule has 0 aliphatic rings. The van der Waals surface area contributed by atoms with Crippen LogP contribution in [0.4, 0.5) is 10.1 Å². The van der Waals surface area contributed by atoms with Gasteiger partial charge < -0.3 is 11.5 Å². The number of hydrogen-bond acceptors (Lipinski definition) is 3. The Bertz CT molecular complexity index is 386. The minimum absolute atomic E-state index is 0.0443. The molecule has 0 spiro atoms. The SMILES string of the molecule is N#CC[C@H](N)c1cc(Cl)cc(F)c1N. The molecule has 74 valence electrons. The maximum Gasteiger partial charge on any atom is 0.147 e. The molecule has 0 aliphatic heterocycles. The van der Waals surface area contributed by atoms with E-state index in [1.165, 1.54) is 6.07 Å². The lowest BCUT2D eigenvalue weighted by molar-refractivity contribution is 0.626. The molecule has 0 aliphatic carbocycles. The van der Waals surface area contributed by atoms with Gasteiger partial charge in [-0.15, -0.1) is 0 Å². The second-order valence-corrected chi connectivity index (χ2v) is 3.30. The normalized spacial score (nSPS) is 12.1. The quantitative estimate of drug-likeness (QED) is 0.738. The fraction of sp³-hybridized carbons (Fsp3) is 0.222. The fourth-order valence-electron chi connectivity index (χ4n) is 1.12. The molecule has 1 aromatic rings. The Morgan fingerprint density at radius 3 is 2.79 bits per heavy atom. The molecule has 14 heavy (non-hydrogen) atoms. The van der Waals surface area contributed by atoms with Gasteiger partial charge in [-0.2, -0.15) is 5.26 Å². The molecule has 5 heteroatoms. The van der Waals surface area contributed by atoms with Crippen molar-refractivity contribution < 1.29 is 4.39 Å². The number of halogens is 2. The molecule has 1 atom stereocenters. The average Bonchev–Trinajstić information content (AvgIpc) is 2.11. The molecule has 0 unspecified atom stereocenters. The Kier molecular flexibility index (Phi) is 3.28. The summed E-state index contributed by atoms with van der Waals surface area (Å²) in [6, 6.07) is 3.87. The Hall–Kier alpha value is -1.31. The van der Waals surface area contributed by atoms with E-state index in [9.17, 15) is 4.39 Å². The predicted molar refractivity (Wildman–Crippen MR) is 53.0 cm³/mol. The summed E-state index contributed by atoms with van der Waals surface area (Å²) in [6.45, 7) is 0. The van der Waals surface area contributed by atoms with Crippen LogP contribution in [0.2, 0.25) is 5.02 Å². The van der Waals surface area contributed by atoms with Gasteiger partial charge in [0.1, 0.15) is 5.82 Å². The van der Waals surface area contributed by atoms with E-state index in [4.69, 9.17) is 28.3 Å². The van der Waals surface area contributed by atoms with E-state index in [1.807, 2.05) is 6.07 Å². The maximum atomic E-state index is 13.1. The largest absolute Gasteiger partial charge is 0.396 e. The van der Waals surface area contributed by atoms with Crippen molar-refractivity contribution in [1.82, 2.24) is 0 Å². The maximum absolute atomic E-state index is 13.1. The van der Waals surface area contributed by atoms with Crippen molar-refractivity contribution in [1.29, 1.82) is 5.26 Å². The van der Waals surface area contributed by atoms with Crippen LogP contribution in [-0.2, 0) is 0 Å². The van der Waals surface area contributed by atoms with E-state index in [2.05, 4.69) is 0 Å². The summed E-state index contributed by atoms with van der Waals surface area (Å²) >= 11 is 5.63. The van der Waals surface area contributed by atoms with E-state index < -0.39 is 11.9 Å². The Labute approximate surface area is 86.1 Å². The number of benzene rings is 1. The van der Waals surface area contributed by atoms with Gasteiger partial charge in [0, 0.05) is 11.1 Å².